The maximum Gasteiger partial charge on any atom is 0.220 e. The van der Waals surface area contributed by atoms with Crippen molar-refractivity contribution in [3.05, 3.63) is 0 Å². The predicted molar refractivity (Wildman–Crippen MR) is 53.7 cm³/mol. The van der Waals surface area contributed by atoms with Gasteiger partial charge in [0, 0.05) is 24.9 Å². The number of rotatable bonds is 0. The van der Waals surface area contributed by atoms with Crippen LogP contribution in [0.3, 0.4) is 0 Å². The average molecular weight is 198 g/mol. The molecule has 2 amide bonds. The van der Waals surface area contributed by atoms with Gasteiger partial charge in [0.15, 0.2) is 0 Å². The molecule has 4 nitrogen and oxygen atoms in total. The summed E-state index contributed by atoms with van der Waals surface area (Å²) >= 11 is 0. The van der Waals surface area contributed by atoms with Gasteiger partial charge >= 0.3 is 0 Å². The van der Waals surface area contributed by atoms with Crippen molar-refractivity contribution in [2.24, 2.45) is 0 Å². The summed E-state index contributed by atoms with van der Waals surface area (Å²) in [6.07, 6.45) is 3.47. The first-order chi connectivity index (χ1) is 6.58. The van der Waals surface area contributed by atoms with Gasteiger partial charge in [0.25, 0.3) is 0 Å². The van der Waals surface area contributed by atoms with Crippen LogP contribution >= 0.6 is 0 Å². The second kappa shape index (κ2) is 4.98. The Morgan fingerprint density at radius 3 is 1.36 bits per heavy atom. The molecule has 14 heavy (non-hydrogen) atoms. The van der Waals surface area contributed by atoms with E-state index in [1.807, 2.05) is 13.8 Å². The highest BCUT2D eigenvalue weighted by Crippen LogP contribution is 2.04. The normalized spacial score (nSPS) is 30.4. The molecule has 80 valence electrons. The van der Waals surface area contributed by atoms with E-state index in [9.17, 15) is 9.59 Å². The van der Waals surface area contributed by atoms with Crippen LogP contribution < -0.4 is 10.6 Å². The molecule has 2 unspecified atom stereocenters. The van der Waals surface area contributed by atoms with Crippen molar-refractivity contribution in [1.29, 1.82) is 0 Å². The first-order valence-electron chi connectivity index (χ1n) is 5.16. The zero-order valence-electron chi connectivity index (χ0n) is 8.80. The summed E-state index contributed by atoms with van der Waals surface area (Å²) in [4.78, 5) is 20.7. The number of amides is 2. The molecule has 0 aromatic rings. The van der Waals surface area contributed by atoms with E-state index in [0.717, 1.165) is 25.7 Å². The lowest BCUT2D eigenvalue weighted by atomic mass is 10.3. The molecule has 0 saturated carbocycles. The van der Waals surface area contributed by atoms with E-state index in [1.165, 1.54) is 0 Å². The predicted octanol–water partition coefficient (Wildman–Crippen LogP) is 0.570. The van der Waals surface area contributed by atoms with Gasteiger partial charge in [0.2, 0.25) is 11.8 Å². The lowest BCUT2D eigenvalue weighted by Gasteiger charge is -1.95. The lowest BCUT2D eigenvalue weighted by molar-refractivity contribution is -0.120. The van der Waals surface area contributed by atoms with E-state index in [4.69, 9.17) is 0 Å². The fourth-order valence-electron chi connectivity index (χ4n) is 1.53. The molecule has 0 spiro atoms. The Bertz CT molecular complexity index is 204. The van der Waals surface area contributed by atoms with Gasteiger partial charge in [-0.2, -0.15) is 0 Å². The minimum Gasteiger partial charge on any atom is -0.354 e. The highest BCUT2D eigenvalue weighted by molar-refractivity contribution is 5.78. The van der Waals surface area contributed by atoms with E-state index < -0.39 is 0 Å². The highest BCUT2D eigenvalue weighted by Gasteiger charge is 2.15. The van der Waals surface area contributed by atoms with Crippen LogP contribution in [0.4, 0.5) is 0 Å². The van der Waals surface area contributed by atoms with Crippen LogP contribution in [-0.2, 0) is 9.59 Å². The summed E-state index contributed by atoms with van der Waals surface area (Å²) in [5.41, 5.74) is 0. The zero-order valence-corrected chi connectivity index (χ0v) is 8.80. The van der Waals surface area contributed by atoms with Crippen LogP contribution in [0.2, 0.25) is 0 Å². The molecule has 2 aliphatic rings. The first-order valence-corrected chi connectivity index (χ1v) is 5.16. The second-order valence-electron chi connectivity index (χ2n) is 4.01. The Morgan fingerprint density at radius 1 is 0.929 bits per heavy atom. The molecule has 2 saturated heterocycles. The van der Waals surface area contributed by atoms with E-state index in [2.05, 4.69) is 10.6 Å². The fourth-order valence-corrected chi connectivity index (χ4v) is 1.53. The molecular formula is C10H18N2O2. The van der Waals surface area contributed by atoms with Crippen LogP contribution in [0.25, 0.3) is 0 Å². The minimum atomic E-state index is 0.201. The van der Waals surface area contributed by atoms with Crippen molar-refractivity contribution in [1.82, 2.24) is 10.6 Å². The van der Waals surface area contributed by atoms with Crippen molar-refractivity contribution in [2.45, 2.75) is 51.6 Å². The molecule has 2 rings (SSSR count). The Kier molecular flexibility index (Phi) is 3.92. The molecule has 4 heteroatoms. The highest BCUT2D eigenvalue weighted by atomic mass is 16.2. The number of carbonyl (C=O) groups excluding carboxylic acids is 2. The molecule has 0 radical (unpaired) electrons. The largest absolute Gasteiger partial charge is 0.354 e. The van der Waals surface area contributed by atoms with Gasteiger partial charge in [-0.15, -0.1) is 0 Å². The van der Waals surface area contributed by atoms with Crippen LogP contribution in [0.1, 0.15) is 39.5 Å². The molecule has 2 fully saturated rings. The number of carbonyl (C=O) groups is 2. The zero-order chi connectivity index (χ0) is 10.6. The summed E-state index contributed by atoms with van der Waals surface area (Å²) in [5.74, 6) is 0.403. The first kappa shape index (κ1) is 11.0. The topological polar surface area (TPSA) is 58.2 Å². The van der Waals surface area contributed by atoms with Gasteiger partial charge in [-0.1, -0.05) is 0 Å². The summed E-state index contributed by atoms with van der Waals surface area (Å²) < 4.78 is 0. The lowest BCUT2D eigenvalue weighted by Crippen LogP contribution is -2.21. The van der Waals surface area contributed by atoms with E-state index >= 15 is 0 Å². The van der Waals surface area contributed by atoms with Crippen molar-refractivity contribution < 1.29 is 9.59 Å². The van der Waals surface area contributed by atoms with Gasteiger partial charge in [-0.3, -0.25) is 9.59 Å². The molecule has 0 aromatic carbocycles. The molecule has 0 bridgehead atoms. The second-order valence-corrected chi connectivity index (χ2v) is 4.01. The van der Waals surface area contributed by atoms with Crippen molar-refractivity contribution in [3.8, 4) is 0 Å². The Morgan fingerprint density at radius 2 is 1.29 bits per heavy atom. The Labute approximate surface area is 84.4 Å². The summed E-state index contributed by atoms with van der Waals surface area (Å²) in [6, 6.07) is 0.847. The van der Waals surface area contributed by atoms with Crippen molar-refractivity contribution >= 4 is 11.8 Å². The van der Waals surface area contributed by atoms with Gasteiger partial charge in [-0.25, -0.2) is 0 Å². The van der Waals surface area contributed by atoms with E-state index in [0.29, 0.717) is 12.1 Å². The van der Waals surface area contributed by atoms with E-state index in [-0.39, 0.29) is 11.8 Å². The van der Waals surface area contributed by atoms with Gasteiger partial charge in [-0.05, 0) is 26.7 Å². The molecule has 2 N–H and O–H groups in total. The molecule has 2 heterocycles. The monoisotopic (exact) mass is 198 g/mol. The third-order valence-electron chi connectivity index (χ3n) is 2.42. The SMILES string of the molecule is CC1CCC(=O)N1.CC1CCC(=O)N1. The molecular weight excluding hydrogens is 180 g/mol. The average Bonchev–Trinajstić information content (AvgIpc) is 2.63. The summed E-state index contributed by atoms with van der Waals surface area (Å²) in [6.45, 7) is 4.04. The third kappa shape index (κ3) is 3.77. The Hall–Kier alpha value is -1.06. The minimum absolute atomic E-state index is 0.201. The quantitative estimate of drug-likeness (QED) is 0.598. The van der Waals surface area contributed by atoms with Gasteiger partial charge in [0.1, 0.15) is 0 Å². The van der Waals surface area contributed by atoms with Gasteiger partial charge in [0.05, 0.1) is 0 Å². The van der Waals surface area contributed by atoms with Gasteiger partial charge < -0.3 is 10.6 Å². The summed E-state index contributed by atoms with van der Waals surface area (Å²) in [7, 11) is 0. The van der Waals surface area contributed by atoms with Crippen molar-refractivity contribution in [2.75, 3.05) is 0 Å². The number of hydrogen-bond donors (Lipinski definition) is 2. The van der Waals surface area contributed by atoms with Crippen LogP contribution in [-0.4, -0.2) is 23.9 Å². The van der Waals surface area contributed by atoms with Crippen LogP contribution in [0.5, 0.6) is 0 Å². The van der Waals surface area contributed by atoms with E-state index in [1.54, 1.807) is 0 Å². The maximum absolute atomic E-state index is 10.3. The fraction of sp³-hybridized carbons (Fsp3) is 0.800. The number of hydrogen-bond acceptors (Lipinski definition) is 2. The van der Waals surface area contributed by atoms with Crippen LogP contribution in [0.15, 0.2) is 0 Å². The third-order valence-corrected chi connectivity index (χ3v) is 2.42. The Balaban J connectivity index is 0.000000140. The van der Waals surface area contributed by atoms with Crippen molar-refractivity contribution in [3.63, 3.8) is 0 Å². The smallest absolute Gasteiger partial charge is 0.220 e. The molecule has 2 aliphatic heterocycles. The maximum atomic E-state index is 10.3. The molecule has 0 aromatic heterocycles. The molecule has 2 atom stereocenters. The molecule has 0 aliphatic carbocycles. The standard InChI is InChI=1S/2C5H9NO/c2*1-4-2-3-5(7)6-4/h2*4H,2-3H2,1H3,(H,6,7). The summed E-state index contributed by atoms with van der Waals surface area (Å²) in [5, 5.41) is 5.56. The number of nitrogens with one attached hydrogen (secondary N) is 2. The van der Waals surface area contributed by atoms with Crippen LogP contribution in [0, 0.1) is 0 Å².